The molecule has 3 nitrogen and oxygen atoms in total. The summed E-state index contributed by atoms with van der Waals surface area (Å²) in [5.74, 6) is 0. The zero-order valence-electron chi connectivity index (χ0n) is 12.6. The summed E-state index contributed by atoms with van der Waals surface area (Å²) in [5.41, 5.74) is 4.82. The molecule has 110 valence electrons. The van der Waals surface area contributed by atoms with E-state index < -0.39 is 0 Å². The third kappa shape index (κ3) is 5.30. The van der Waals surface area contributed by atoms with Gasteiger partial charge in [-0.25, -0.2) is 4.79 Å². The molecule has 0 heterocycles. The third-order valence-corrected chi connectivity index (χ3v) is 3.39. The molecule has 3 heteroatoms. The first-order valence-electron chi connectivity index (χ1n) is 7.26. The highest BCUT2D eigenvalue weighted by molar-refractivity contribution is 5.73. The molecule has 0 aliphatic heterocycles. The molecule has 2 amide bonds. The number of nitrogens with one attached hydrogen (secondary N) is 2. The summed E-state index contributed by atoms with van der Waals surface area (Å²) in [6.45, 7) is 5.31. The van der Waals surface area contributed by atoms with Crippen LogP contribution < -0.4 is 10.6 Å². The fraction of sp³-hybridized carbons (Fsp3) is 0.278. The molecule has 0 spiro atoms. The van der Waals surface area contributed by atoms with Crippen molar-refractivity contribution in [3.8, 4) is 0 Å². The highest BCUT2D eigenvalue weighted by Crippen LogP contribution is 2.03. The Morgan fingerprint density at radius 1 is 0.810 bits per heavy atom. The van der Waals surface area contributed by atoms with Crippen molar-refractivity contribution in [3.05, 3.63) is 70.8 Å². The molecule has 21 heavy (non-hydrogen) atoms. The number of hydrogen-bond donors (Lipinski definition) is 2. The SMILES string of the molecule is Cc1ccc(CCNC(=O)NCc2ccc(C)cc2)cc1. The number of amides is 2. The Kier molecular flexibility index (Phi) is 5.38. The largest absolute Gasteiger partial charge is 0.338 e. The lowest BCUT2D eigenvalue weighted by molar-refractivity contribution is 0.240. The van der Waals surface area contributed by atoms with E-state index in [9.17, 15) is 4.79 Å². The molecular formula is C18H22N2O. The number of hydrogen-bond acceptors (Lipinski definition) is 1. The Bertz CT molecular complexity index is 573. The molecule has 2 N–H and O–H groups in total. The van der Waals surface area contributed by atoms with E-state index in [1.807, 2.05) is 24.3 Å². The normalized spacial score (nSPS) is 10.2. The van der Waals surface area contributed by atoms with Gasteiger partial charge in [-0.1, -0.05) is 59.7 Å². The minimum Gasteiger partial charge on any atom is -0.338 e. The smallest absolute Gasteiger partial charge is 0.315 e. The van der Waals surface area contributed by atoms with Crippen LogP contribution in [0.15, 0.2) is 48.5 Å². The summed E-state index contributed by atoms with van der Waals surface area (Å²) in [6, 6.07) is 16.4. The lowest BCUT2D eigenvalue weighted by atomic mass is 10.1. The summed E-state index contributed by atoms with van der Waals surface area (Å²) >= 11 is 0. The van der Waals surface area contributed by atoms with Gasteiger partial charge >= 0.3 is 6.03 Å². The van der Waals surface area contributed by atoms with E-state index in [-0.39, 0.29) is 6.03 Å². The second-order valence-corrected chi connectivity index (χ2v) is 5.33. The van der Waals surface area contributed by atoms with Crippen molar-refractivity contribution in [2.45, 2.75) is 26.8 Å². The summed E-state index contributed by atoms with van der Waals surface area (Å²) in [6.07, 6.45) is 0.845. The number of rotatable bonds is 5. The van der Waals surface area contributed by atoms with E-state index in [4.69, 9.17) is 0 Å². The summed E-state index contributed by atoms with van der Waals surface area (Å²) in [7, 11) is 0. The monoisotopic (exact) mass is 282 g/mol. The molecule has 0 aliphatic rings. The Morgan fingerprint density at radius 2 is 1.33 bits per heavy atom. The van der Waals surface area contributed by atoms with E-state index in [1.165, 1.54) is 16.7 Å². The van der Waals surface area contributed by atoms with Gasteiger partial charge in [0.1, 0.15) is 0 Å². The minimum atomic E-state index is -0.123. The van der Waals surface area contributed by atoms with Crippen LogP contribution in [0.3, 0.4) is 0 Å². The van der Waals surface area contributed by atoms with Gasteiger partial charge in [0.05, 0.1) is 0 Å². The Balaban J connectivity index is 1.67. The molecule has 0 fully saturated rings. The van der Waals surface area contributed by atoms with Crippen LogP contribution >= 0.6 is 0 Å². The van der Waals surface area contributed by atoms with Gasteiger partial charge < -0.3 is 10.6 Å². The first-order chi connectivity index (χ1) is 10.1. The van der Waals surface area contributed by atoms with Gasteiger partial charge in [-0.05, 0) is 31.4 Å². The molecule has 0 radical (unpaired) electrons. The van der Waals surface area contributed by atoms with Gasteiger partial charge in [0, 0.05) is 13.1 Å². The van der Waals surface area contributed by atoms with Gasteiger partial charge in [0.25, 0.3) is 0 Å². The lowest BCUT2D eigenvalue weighted by Crippen LogP contribution is -2.36. The van der Waals surface area contributed by atoms with Crippen molar-refractivity contribution in [2.75, 3.05) is 6.54 Å². The maximum absolute atomic E-state index is 11.7. The standard InChI is InChI=1S/C18H22N2O/c1-14-3-7-16(8-4-14)11-12-19-18(21)20-13-17-9-5-15(2)6-10-17/h3-10H,11-13H2,1-2H3,(H2,19,20,21). The number of aryl methyl sites for hydroxylation is 2. The van der Waals surface area contributed by atoms with Crippen molar-refractivity contribution in [2.24, 2.45) is 0 Å². The topological polar surface area (TPSA) is 41.1 Å². The molecule has 0 unspecified atom stereocenters. The van der Waals surface area contributed by atoms with Crippen molar-refractivity contribution in [1.29, 1.82) is 0 Å². The van der Waals surface area contributed by atoms with Crippen LogP contribution in [-0.4, -0.2) is 12.6 Å². The molecule has 0 atom stereocenters. The van der Waals surface area contributed by atoms with Crippen LogP contribution in [-0.2, 0) is 13.0 Å². The van der Waals surface area contributed by atoms with Gasteiger partial charge in [-0.3, -0.25) is 0 Å². The fourth-order valence-electron chi connectivity index (χ4n) is 2.03. The Morgan fingerprint density at radius 3 is 1.90 bits per heavy atom. The summed E-state index contributed by atoms with van der Waals surface area (Å²) in [4.78, 5) is 11.7. The quantitative estimate of drug-likeness (QED) is 0.867. The number of carbonyl (C=O) groups is 1. The molecule has 0 aliphatic carbocycles. The molecule has 0 saturated carbocycles. The Labute approximate surface area is 126 Å². The molecular weight excluding hydrogens is 260 g/mol. The number of benzene rings is 2. The highest BCUT2D eigenvalue weighted by Gasteiger charge is 2.00. The average molecular weight is 282 g/mol. The molecule has 0 bridgehead atoms. The van der Waals surface area contributed by atoms with Crippen molar-refractivity contribution >= 4 is 6.03 Å². The van der Waals surface area contributed by atoms with Crippen LogP contribution in [0.2, 0.25) is 0 Å². The maximum Gasteiger partial charge on any atom is 0.315 e. The van der Waals surface area contributed by atoms with Crippen LogP contribution in [0.5, 0.6) is 0 Å². The van der Waals surface area contributed by atoms with Crippen molar-refractivity contribution in [1.82, 2.24) is 10.6 Å². The average Bonchev–Trinajstić information content (AvgIpc) is 2.49. The molecule has 2 aromatic rings. The maximum atomic E-state index is 11.7. The van der Waals surface area contributed by atoms with Crippen LogP contribution in [0.25, 0.3) is 0 Å². The van der Waals surface area contributed by atoms with Crippen LogP contribution in [0.1, 0.15) is 22.3 Å². The minimum absolute atomic E-state index is 0.123. The zero-order valence-corrected chi connectivity index (χ0v) is 12.6. The predicted octanol–water partition coefficient (Wildman–Crippen LogP) is 3.35. The van der Waals surface area contributed by atoms with Gasteiger partial charge in [-0.2, -0.15) is 0 Å². The van der Waals surface area contributed by atoms with E-state index in [0.717, 1.165) is 12.0 Å². The zero-order chi connectivity index (χ0) is 15.1. The second-order valence-electron chi connectivity index (χ2n) is 5.33. The first-order valence-corrected chi connectivity index (χ1v) is 7.26. The van der Waals surface area contributed by atoms with E-state index >= 15 is 0 Å². The van der Waals surface area contributed by atoms with Gasteiger partial charge in [0.2, 0.25) is 0 Å². The summed E-state index contributed by atoms with van der Waals surface area (Å²) in [5, 5.41) is 5.74. The van der Waals surface area contributed by atoms with E-state index in [1.54, 1.807) is 0 Å². The number of carbonyl (C=O) groups excluding carboxylic acids is 1. The first kappa shape index (κ1) is 15.1. The molecule has 0 aromatic heterocycles. The highest BCUT2D eigenvalue weighted by atomic mass is 16.2. The van der Waals surface area contributed by atoms with Crippen LogP contribution in [0, 0.1) is 13.8 Å². The van der Waals surface area contributed by atoms with Gasteiger partial charge in [0.15, 0.2) is 0 Å². The number of urea groups is 1. The predicted molar refractivity (Wildman–Crippen MR) is 86.3 cm³/mol. The second kappa shape index (κ2) is 7.48. The molecule has 2 rings (SSSR count). The summed E-state index contributed by atoms with van der Waals surface area (Å²) < 4.78 is 0. The van der Waals surface area contributed by atoms with Crippen molar-refractivity contribution < 1.29 is 4.79 Å². The van der Waals surface area contributed by atoms with E-state index in [0.29, 0.717) is 13.1 Å². The third-order valence-electron chi connectivity index (χ3n) is 3.39. The van der Waals surface area contributed by atoms with Gasteiger partial charge in [-0.15, -0.1) is 0 Å². The molecule has 0 saturated heterocycles. The van der Waals surface area contributed by atoms with Crippen LogP contribution in [0.4, 0.5) is 4.79 Å². The molecule has 2 aromatic carbocycles. The lowest BCUT2D eigenvalue weighted by Gasteiger charge is -2.08. The van der Waals surface area contributed by atoms with Crippen molar-refractivity contribution in [3.63, 3.8) is 0 Å². The fourth-order valence-corrected chi connectivity index (χ4v) is 2.03. The van der Waals surface area contributed by atoms with E-state index in [2.05, 4.69) is 48.7 Å². The Hall–Kier alpha value is -2.29.